The zero-order valence-electron chi connectivity index (χ0n) is 12.7. The van der Waals surface area contributed by atoms with Crippen molar-refractivity contribution in [1.29, 1.82) is 0 Å². The molecule has 1 amide bonds. The van der Waals surface area contributed by atoms with Crippen LogP contribution in [0.15, 0.2) is 42.5 Å². The number of amides is 1. The number of benzene rings is 2. The first-order chi connectivity index (χ1) is 11.4. The third-order valence-corrected chi connectivity index (χ3v) is 4.32. The van der Waals surface area contributed by atoms with Crippen molar-refractivity contribution >= 4 is 46.7 Å². The quantitative estimate of drug-likeness (QED) is 0.759. The third-order valence-electron chi connectivity index (χ3n) is 3.25. The van der Waals surface area contributed by atoms with E-state index in [1.165, 1.54) is 6.07 Å². The van der Waals surface area contributed by atoms with Gasteiger partial charge in [-0.25, -0.2) is 4.79 Å². The summed E-state index contributed by atoms with van der Waals surface area (Å²) in [7, 11) is 0. The molecule has 0 aromatic heterocycles. The van der Waals surface area contributed by atoms with Gasteiger partial charge in [-0.3, -0.25) is 4.79 Å². The first-order valence-electron chi connectivity index (χ1n) is 7.04. The topological polar surface area (TPSA) is 55.4 Å². The summed E-state index contributed by atoms with van der Waals surface area (Å²) < 4.78 is 4.97. The van der Waals surface area contributed by atoms with Crippen molar-refractivity contribution in [2.45, 2.75) is 13.0 Å². The first kappa shape index (κ1) is 18.6. The molecule has 2 rings (SSSR count). The van der Waals surface area contributed by atoms with E-state index in [9.17, 15) is 9.59 Å². The van der Waals surface area contributed by atoms with Crippen LogP contribution in [0.5, 0.6) is 0 Å². The van der Waals surface area contributed by atoms with Crippen LogP contribution in [0.1, 0.15) is 28.9 Å². The van der Waals surface area contributed by atoms with E-state index < -0.39 is 18.5 Å². The Kier molecular flexibility index (Phi) is 6.49. The molecule has 0 aliphatic carbocycles. The standard InChI is InChI=1S/C17H14Cl3NO3/c1-10(11-5-7-12(18)8-6-11)21-15(22)9-24-17(23)13-3-2-4-14(19)16(13)20/h2-8,10H,9H2,1H3,(H,21,22)/t10-/m0/s1. The van der Waals surface area contributed by atoms with Crippen molar-refractivity contribution in [1.82, 2.24) is 5.32 Å². The average molecular weight is 387 g/mol. The maximum atomic E-state index is 12.0. The maximum absolute atomic E-state index is 12.0. The highest BCUT2D eigenvalue weighted by molar-refractivity contribution is 6.43. The Balaban J connectivity index is 1.89. The molecule has 0 unspecified atom stereocenters. The van der Waals surface area contributed by atoms with Crippen molar-refractivity contribution in [2.75, 3.05) is 6.61 Å². The lowest BCUT2D eigenvalue weighted by Gasteiger charge is -2.14. The van der Waals surface area contributed by atoms with Crippen LogP contribution in [-0.4, -0.2) is 18.5 Å². The van der Waals surface area contributed by atoms with Crippen LogP contribution in [-0.2, 0) is 9.53 Å². The number of rotatable bonds is 5. The second kappa shape index (κ2) is 8.38. The van der Waals surface area contributed by atoms with Crippen molar-refractivity contribution in [3.05, 3.63) is 68.7 Å². The molecular formula is C17H14Cl3NO3. The monoisotopic (exact) mass is 385 g/mol. The Labute approximate surface area is 154 Å². The van der Waals surface area contributed by atoms with Crippen LogP contribution in [0.25, 0.3) is 0 Å². The molecule has 0 saturated carbocycles. The Hall–Kier alpha value is -1.75. The van der Waals surface area contributed by atoms with Crippen molar-refractivity contribution in [3.63, 3.8) is 0 Å². The predicted molar refractivity (Wildman–Crippen MR) is 94.8 cm³/mol. The average Bonchev–Trinajstić information content (AvgIpc) is 2.55. The fourth-order valence-corrected chi connectivity index (χ4v) is 2.49. The summed E-state index contributed by atoms with van der Waals surface area (Å²) in [5.74, 6) is -1.14. The SMILES string of the molecule is C[C@H](NC(=O)COC(=O)c1cccc(Cl)c1Cl)c1ccc(Cl)cc1. The lowest BCUT2D eigenvalue weighted by Crippen LogP contribution is -2.31. The summed E-state index contributed by atoms with van der Waals surface area (Å²) in [4.78, 5) is 23.9. The van der Waals surface area contributed by atoms with Crippen LogP contribution in [0.2, 0.25) is 15.1 Å². The molecule has 4 nitrogen and oxygen atoms in total. The fourth-order valence-electron chi connectivity index (χ4n) is 1.99. The van der Waals surface area contributed by atoms with Gasteiger partial charge in [0.15, 0.2) is 6.61 Å². The molecule has 2 aromatic carbocycles. The highest BCUT2D eigenvalue weighted by atomic mass is 35.5. The summed E-state index contributed by atoms with van der Waals surface area (Å²) in [5.41, 5.74) is 1.000. The molecule has 0 bridgehead atoms. The van der Waals surface area contributed by atoms with Gasteiger partial charge in [0.25, 0.3) is 5.91 Å². The summed E-state index contributed by atoms with van der Waals surface area (Å²) in [6.07, 6.45) is 0. The fraction of sp³-hybridized carbons (Fsp3) is 0.176. The normalized spacial score (nSPS) is 11.7. The lowest BCUT2D eigenvalue weighted by molar-refractivity contribution is -0.124. The number of ether oxygens (including phenoxy) is 1. The van der Waals surface area contributed by atoms with E-state index in [2.05, 4.69) is 5.32 Å². The van der Waals surface area contributed by atoms with Crippen LogP contribution >= 0.6 is 34.8 Å². The highest BCUT2D eigenvalue weighted by Gasteiger charge is 2.16. The molecule has 0 aliphatic rings. The Morgan fingerprint density at radius 3 is 2.42 bits per heavy atom. The zero-order valence-corrected chi connectivity index (χ0v) is 15.0. The molecule has 7 heteroatoms. The second-order valence-corrected chi connectivity index (χ2v) is 6.24. The number of hydrogen-bond donors (Lipinski definition) is 1. The van der Waals surface area contributed by atoms with E-state index in [4.69, 9.17) is 39.5 Å². The van der Waals surface area contributed by atoms with Gasteiger partial charge in [-0.15, -0.1) is 0 Å². The van der Waals surface area contributed by atoms with Gasteiger partial charge in [-0.05, 0) is 36.8 Å². The molecule has 0 radical (unpaired) electrons. The molecule has 0 spiro atoms. The summed E-state index contributed by atoms with van der Waals surface area (Å²) >= 11 is 17.6. The van der Waals surface area contributed by atoms with Gasteiger partial charge in [-0.1, -0.05) is 53.0 Å². The van der Waals surface area contributed by atoms with Gasteiger partial charge < -0.3 is 10.1 Å². The van der Waals surface area contributed by atoms with Crippen molar-refractivity contribution < 1.29 is 14.3 Å². The zero-order chi connectivity index (χ0) is 17.7. The minimum atomic E-state index is -0.711. The van der Waals surface area contributed by atoms with Gasteiger partial charge in [-0.2, -0.15) is 0 Å². The van der Waals surface area contributed by atoms with E-state index in [1.54, 1.807) is 24.3 Å². The lowest BCUT2D eigenvalue weighted by atomic mass is 10.1. The minimum absolute atomic E-state index is 0.0964. The number of esters is 1. The summed E-state index contributed by atoms with van der Waals surface area (Å²) in [6, 6.07) is 11.5. The van der Waals surface area contributed by atoms with Gasteiger partial charge in [0.1, 0.15) is 0 Å². The van der Waals surface area contributed by atoms with Crippen LogP contribution in [0, 0.1) is 0 Å². The van der Waals surface area contributed by atoms with E-state index in [0.717, 1.165) is 5.56 Å². The molecule has 24 heavy (non-hydrogen) atoms. The Bertz CT molecular complexity index is 747. The molecule has 0 fully saturated rings. The molecular weight excluding hydrogens is 373 g/mol. The van der Waals surface area contributed by atoms with Gasteiger partial charge in [0.2, 0.25) is 0 Å². The van der Waals surface area contributed by atoms with Gasteiger partial charge in [0.05, 0.1) is 21.7 Å². The molecule has 0 heterocycles. The number of hydrogen-bond acceptors (Lipinski definition) is 3. The van der Waals surface area contributed by atoms with Crippen molar-refractivity contribution in [3.8, 4) is 0 Å². The Morgan fingerprint density at radius 1 is 1.08 bits per heavy atom. The molecule has 126 valence electrons. The number of nitrogens with one attached hydrogen (secondary N) is 1. The minimum Gasteiger partial charge on any atom is -0.452 e. The molecule has 1 N–H and O–H groups in total. The smallest absolute Gasteiger partial charge is 0.340 e. The van der Waals surface area contributed by atoms with Crippen LogP contribution < -0.4 is 5.32 Å². The number of carbonyl (C=O) groups is 2. The molecule has 1 atom stereocenters. The van der Waals surface area contributed by atoms with Gasteiger partial charge >= 0.3 is 5.97 Å². The van der Waals surface area contributed by atoms with E-state index in [1.807, 2.05) is 19.1 Å². The van der Waals surface area contributed by atoms with Crippen molar-refractivity contribution in [2.24, 2.45) is 0 Å². The molecule has 0 aliphatic heterocycles. The molecule has 0 saturated heterocycles. The van der Waals surface area contributed by atoms with Crippen LogP contribution in [0.4, 0.5) is 0 Å². The van der Waals surface area contributed by atoms with Gasteiger partial charge in [0, 0.05) is 5.02 Å². The first-order valence-corrected chi connectivity index (χ1v) is 8.18. The third kappa shape index (κ3) is 4.87. The largest absolute Gasteiger partial charge is 0.452 e. The number of halogens is 3. The summed E-state index contributed by atoms with van der Waals surface area (Å²) in [5, 5.41) is 3.68. The van der Waals surface area contributed by atoms with E-state index in [-0.39, 0.29) is 21.7 Å². The summed E-state index contributed by atoms with van der Waals surface area (Å²) in [6.45, 7) is 1.40. The Morgan fingerprint density at radius 2 is 1.75 bits per heavy atom. The number of carbonyl (C=O) groups excluding carboxylic acids is 2. The van der Waals surface area contributed by atoms with E-state index in [0.29, 0.717) is 5.02 Å². The van der Waals surface area contributed by atoms with E-state index >= 15 is 0 Å². The highest BCUT2D eigenvalue weighted by Crippen LogP contribution is 2.26. The maximum Gasteiger partial charge on any atom is 0.340 e. The molecule has 2 aromatic rings. The second-order valence-electron chi connectivity index (χ2n) is 5.02. The van der Waals surface area contributed by atoms with Crippen LogP contribution in [0.3, 0.4) is 0 Å². The predicted octanol–water partition coefficient (Wildman–Crippen LogP) is 4.68.